The van der Waals surface area contributed by atoms with Crippen LogP contribution in [-0.2, 0) is 4.74 Å². The van der Waals surface area contributed by atoms with Crippen LogP contribution in [-0.4, -0.2) is 30.7 Å². The molecule has 26 heavy (non-hydrogen) atoms. The van der Waals surface area contributed by atoms with E-state index in [9.17, 15) is 4.79 Å². The number of carbonyl (C=O) groups is 1. The molecule has 1 saturated heterocycles. The molecule has 0 N–H and O–H groups in total. The Morgan fingerprint density at radius 1 is 1.42 bits per heavy atom. The topological polar surface area (TPSA) is 29.5 Å². The lowest BCUT2D eigenvalue weighted by molar-refractivity contribution is 0.0888. The highest BCUT2D eigenvalue weighted by molar-refractivity contribution is 6.30. The number of likely N-dealkylation sites (tertiary alicyclic amines) is 1. The molecule has 0 spiro atoms. The lowest BCUT2D eigenvalue weighted by Crippen LogP contribution is -2.40. The van der Waals surface area contributed by atoms with Gasteiger partial charge in [0, 0.05) is 18.1 Å². The normalized spacial score (nSPS) is 17.1. The van der Waals surface area contributed by atoms with Gasteiger partial charge in [-0.25, -0.2) is 4.79 Å². The van der Waals surface area contributed by atoms with Gasteiger partial charge in [0.25, 0.3) is 0 Å². The zero-order valence-corrected chi connectivity index (χ0v) is 16.9. The minimum atomic E-state index is -0.192. The SMILES string of the molecule is C=CCC(c1ccc(Cl)cc1/C(C)=C\C)C1CCN(C(=O)OCC)CC1. The minimum Gasteiger partial charge on any atom is -0.450 e. The molecule has 142 valence electrons. The molecule has 1 heterocycles. The quantitative estimate of drug-likeness (QED) is 0.546. The van der Waals surface area contributed by atoms with E-state index in [1.165, 1.54) is 16.7 Å². The summed E-state index contributed by atoms with van der Waals surface area (Å²) in [5.74, 6) is 0.905. The average molecular weight is 376 g/mol. The number of rotatable bonds is 6. The Bertz CT molecular complexity index is 660. The van der Waals surface area contributed by atoms with Crippen LogP contribution in [0.3, 0.4) is 0 Å². The molecule has 1 unspecified atom stereocenters. The van der Waals surface area contributed by atoms with Gasteiger partial charge in [0.05, 0.1) is 6.61 Å². The smallest absolute Gasteiger partial charge is 0.409 e. The van der Waals surface area contributed by atoms with Crippen molar-refractivity contribution in [3.8, 4) is 0 Å². The van der Waals surface area contributed by atoms with Crippen LogP contribution in [0.25, 0.3) is 5.57 Å². The fourth-order valence-electron chi connectivity index (χ4n) is 3.80. The second-order valence-electron chi connectivity index (χ2n) is 6.86. The molecular formula is C22H30ClNO2. The first kappa shape index (κ1) is 20.6. The lowest BCUT2D eigenvalue weighted by Gasteiger charge is -2.36. The summed E-state index contributed by atoms with van der Waals surface area (Å²) in [7, 11) is 0. The van der Waals surface area contributed by atoms with Gasteiger partial charge in [0.15, 0.2) is 0 Å². The van der Waals surface area contributed by atoms with Crippen molar-refractivity contribution in [2.45, 2.75) is 46.0 Å². The number of benzene rings is 1. The van der Waals surface area contributed by atoms with E-state index in [1.807, 2.05) is 24.0 Å². The highest BCUT2D eigenvalue weighted by Crippen LogP contribution is 2.39. The molecule has 1 fully saturated rings. The third-order valence-electron chi connectivity index (χ3n) is 5.33. The van der Waals surface area contributed by atoms with E-state index in [0.717, 1.165) is 37.4 Å². The van der Waals surface area contributed by atoms with Crippen LogP contribution in [0.4, 0.5) is 4.79 Å². The molecule has 1 aliphatic heterocycles. The summed E-state index contributed by atoms with van der Waals surface area (Å²) in [5.41, 5.74) is 3.79. The van der Waals surface area contributed by atoms with Gasteiger partial charge in [-0.15, -0.1) is 6.58 Å². The van der Waals surface area contributed by atoms with E-state index in [2.05, 4.69) is 38.6 Å². The zero-order chi connectivity index (χ0) is 19.1. The standard InChI is InChI=1S/C22H30ClNO2/c1-5-8-19(17-11-13-24(14-12-17)22(25)26-7-3)20-10-9-18(23)15-21(20)16(4)6-2/h5-6,9-10,15,17,19H,1,7-8,11-14H2,2-4H3/b16-6-. The van der Waals surface area contributed by atoms with Crippen molar-refractivity contribution in [3.05, 3.63) is 53.1 Å². The average Bonchev–Trinajstić information content (AvgIpc) is 2.66. The third kappa shape index (κ3) is 4.91. The molecule has 4 heteroatoms. The molecule has 0 bridgehead atoms. The van der Waals surface area contributed by atoms with Crippen molar-refractivity contribution < 1.29 is 9.53 Å². The zero-order valence-electron chi connectivity index (χ0n) is 16.1. The molecule has 0 aromatic heterocycles. The van der Waals surface area contributed by atoms with E-state index < -0.39 is 0 Å². The van der Waals surface area contributed by atoms with Crippen molar-refractivity contribution >= 4 is 23.3 Å². The van der Waals surface area contributed by atoms with E-state index in [-0.39, 0.29) is 6.09 Å². The summed E-state index contributed by atoms with van der Waals surface area (Å²) in [6.07, 6.45) is 6.83. The molecule has 3 nitrogen and oxygen atoms in total. The lowest BCUT2D eigenvalue weighted by atomic mass is 9.76. The van der Waals surface area contributed by atoms with Crippen molar-refractivity contribution in [2.24, 2.45) is 5.92 Å². The predicted octanol–water partition coefficient (Wildman–Crippen LogP) is 6.29. The molecule has 1 amide bonds. The highest BCUT2D eigenvalue weighted by Gasteiger charge is 2.30. The van der Waals surface area contributed by atoms with Crippen molar-refractivity contribution in [3.63, 3.8) is 0 Å². The molecular weight excluding hydrogens is 346 g/mol. The van der Waals surface area contributed by atoms with Gasteiger partial charge < -0.3 is 9.64 Å². The van der Waals surface area contributed by atoms with Crippen molar-refractivity contribution in [2.75, 3.05) is 19.7 Å². The number of ether oxygens (including phenoxy) is 1. The number of carbonyl (C=O) groups excluding carboxylic acids is 1. The maximum absolute atomic E-state index is 12.0. The number of allylic oxidation sites excluding steroid dienone is 3. The number of hydrogen-bond acceptors (Lipinski definition) is 2. The maximum Gasteiger partial charge on any atom is 0.409 e. The fraction of sp³-hybridized carbons (Fsp3) is 0.500. The Labute approximate surface area is 162 Å². The molecule has 0 radical (unpaired) electrons. The molecule has 2 rings (SSSR count). The van der Waals surface area contributed by atoms with Gasteiger partial charge in [-0.3, -0.25) is 0 Å². The summed E-state index contributed by atoms with van der Waals surface area (Å²) in [6.45, 7) is 11.9. The maximum atomic E-state index is 12.0. The molecule has 1 aromatic carbocycles. The van der Waals surface area contributed by atoms with Gasteiger partial charge in [-0.05, 0) is 80.7 Å². The minimum absolute atomic E-state index is 0.192. The van der Waals surface area contributed by atoms with Gasteiger partial charge in [0.2, 0.25) is 0 Å². The number of hydrogen-bond donors (Lipinski definition) is 0. The summed E-state index contributed by atoms with van der Waals surface area (Å²) >= 11 is 6.26. The largest absolute Gasteiger partial charge is 0.450 e. The molecule has 1 aromatic rings. The van der Waals surface area contributed by atoms with Crippen molar-refractivity contribution in [1.82, 2.24) is 4.90 Å². The van der Waals surface area contributed by atoms with Crippen LogP contribution in [0, 0.1) is 5.92 Å². The number of piperidine rings is 1. The fourth-order valence-corrected chi connectivity index (χ4v) is 3.97. The Balaban J connectivity index is 2.23. The second-order valence-corrected chi connectivity index (χ2v) is 7.29. The number of amides is 1. The van der Waals surface area contributed by atoms with Gasteiger partial charge in [-0.1, -0.05) is 29.8 Å². The molecule has 0 aliphatic carbocycles. The Hall–Kier alpha value is -1.74. The summed E-state index contributed by atoms with van der Waals surface area (Å²) < 4.78 is 5.14. The van der Waals surface area contributed by atoms with E-state index in [1.54, 1.807) is 0 Å². The number of nitrogens with zero attached hydrogens (tertiary/aromatic N) is 1. The van der Waals surface area contributed by atoms with Crippen LogP contribution < -0.4 is 0 Å². The second kappa shape index (κ2) is 9.82. The van der Waals surface area contributed by atoms with Crippen LogP contribution in [0.15, 0.2) is 36.9 Å². The van der Waals surface area contributed by atoms with Gasteiger partial charge >= 0.3 is 6.09 Å². The molecule has 0 saturated carbocycles. The van der Waals surface area contributed by atoms with Crippen molar-refractivity contribution in [1.29, 1.82) is 0 Å². The van der Waals surface area contributed by atoms with Gasteiger partial charge in [0.1, 0.15) is 0 Å². The van der Waals surface area contributed by atoms with Crippen LogP contribution in [0.5, 0.6) is 0 Å². The number of halogens is 1. The van der Waals surface area contributed by atoms with Gasteiger partial charge in [-0.2, -0.15) is 0 Å². The molecule has 1 aliphatic rings. The Morgan fingerprint density at radius 3 is 2.69 bits per heavy atom. The monoisotopic (exact) mass is 375 g/mol. The van der Waals surface area contributed by atoms with E-state index >= 15 is 0 Å². The first-order valence-corrected chi connectivity index (χ1v) is 9.84. The van der Waals surface area contributed by atoms with Crippen LogP contribution >= 0.6 is 11.6 Å². The highest BCUT2D eigenvalue weighted by atomic mass is 35.5. The van der Waals surface area contributed by atoms with Crippen LogP contribution in [0.1, 0.15) is 57.1 Å². The van der Waals surface area contributed by atoms with E-state index in [0.29, 0.717) is 18.4 Å². The Morgan fingerprint density at radius 2 is 2.12 bits per heavy atom. The summed E-state index contributed by atoms with van der Waals surface area (Å²) in [5, 5.41) is 0.763. The first-order chi connectivity index (χ1) is 12.5. The van der Waals surface area contributed by atoms with Crippen LogP contribution in [0.2, 0.25) is 5.02 Å². The van der Waals surface area contributed by atoms with E-state index in [4.69, 9.17) is 16.3 Å². The summed E-state index contributed by atoms with van der Waals surface area (Å²) in [4.78, 5) is 13.8. The first-order valence-electron chi connectivity index (χ1n) is 9.47. The summed E-state index contributed by atoms with van der Waals surface area (Å²) in [6, 6.07) is 6.21. The molecule has 1 atom stereocenters. The third-order valence-corrected chi connectivity index (χ3v) is 5.56. The predicted molar refractivity (Wildman–Crippen MR) is 110 cm³/mol. The Kier molecular flexibility index (Phi) is 7.77.